The van der Waals surface area contributed by atoms with Gasteiger partial charge in [0.25, 0.3) is 0 Å². The highest BCUT2D eigenvalue weighted by Crippen LogP contribution is 2.39. The largest absolute Gasteiger partial charge is 0.396 e. The summed E-state index contributed by atoms with van der Waals surface area (Å²) in [6.07, 6.45) is 4.48. The molecule has 2 aromatic carbocycles. The first-order chi connectivity index (χ1) is 12.8. The van der Waals surface area contributed by atoms with E-state index in [1.165, 1.54) is 11.1 Å². The van der Waals surface area contributed by atoms with Crippen molar-refractivity contribution in [3.05, 3.63) is 72.1 Å². The monoisotopic (exact) mass is 350 g/mol. The fraction of sp³-hybridized carbons (Fsp3) is 0.286. The summed E-state index contributed by atoms with van der Waals surface area (Å²) in [7, 11) is 2.06. The van der Waals surface area contributed by atoms with Gasteiger partial charge in [0, 0.05) is 50.1 Å². The summed E-state index contributed by atoms with van der Waals surface area (Å²) in [6.45, 7) is 1.48. The van der Waals surface area contributed by atoms with Crippen molar-refractivity contribution in [1.82, 2.24) is 10.2 Å². The van der Waals surface area contributed by atoms with E-state index < -0.39 is 0 Å². The van der Waals surface area contributed by atoms with E-state index in [9.17, 15) is 5.11 Å². The van der Waals surface area contributed by atoms with Crippen molar-refractivity contribution in [1.29, 1.82) is 0 Å². The molecule has 0 bridgehead atoms. The number of aromatic nitrogens is 2. The van der Waals surface area contributed by atoms with Crippen molar-refractivity contribution < 1.29 is 5.11 Å². The van der Waals surface area contributed by atoms with E-state index in [4.69, 9.17) is 5.73 Å². The molecule has 5 nitrogen and oxygen atoms in total. The Hall–Kier alpha value is -2.63. The number of rotatable bonds is 8. The summed E-state index contributed by atoms with van der Waals surface area (Å²) in [5.41, 5.74) is 12.0. The number of aliphatic hydroxyl groups is 1. The Bertz CT molecular complexity index is 802. The normalized spacial score (nSPS) is 12.1. The summed E-state index contributed by atoms with van der Waals surface area (Å²) < 4.78 is 0. The molecule has 0 aliphatic rings. The first kappa shape index (κ1) is 18.2. The number of aliphatic hydroxyl groups excluding tert-OH is 1. The van der Waals surface area contributed by atoms with Gasteiger partial charge in [0.2, 0.25) is 0 Å². The molecule has 4 N–H and O–H groups in total. The maximum absolute atomic E-state index is 9.21. The molecule has 3 rings (SSSR count). The van der Waals surface area contributed by atoms with Gasteiger partial charge in [-0.1, -0.05) is 42.5 Å². The summed E-state index contributed by atoms with van der Waals surface area (Å²) in [5, 5.41) is 16.2. The molecule has 5 heteroatoms. The minimum absolute atomic E-state index is 0.0777. The lowest BCUT2D eigenvalue weighted by Crippen LogP contribution is -2.24. The Balaban J connectivity index is 2.15. The van der Waals surface area contributed by atoms with Crippen molar-refractivity contribution in [3.8, 4) is 11.1 Å². The van der Waals surface area contributed by atoms with Crippen LogP contribution in [0, 0.1) is 0 Å². The highest BCUT2D eigenvalue weighted by Gasteiger charge is 2.22. The smallest absolute Gasteiger partial charge is 0.0565 e. The third-order valence-electron chi connectivity index (χ3n) is 4.74. The molecule has 0 spiro atoms. The van der Waals surface area contributed by atoms with Crippen molar-refractivity contribution in [2.75, 3.05) is 31.6 Å². The lowest BCUT2D eigenvalue weighted by Gasteiger charge is -2.28. The second-order valence-electron chi connectivity index (χ2n) is 6.42. The molecule has 0 amide bonds. The molecule has 3 aromatic rings. The molecule has 0 radical (unpaired) electrons. The zero-order chi connectivity index (χ0) is 18.4. The van der Waals surface area contributed by atoms with E-state index in [0.29, 0.717) is 6.54 Å². The third-order valence-corrected chi connectivity index (χ3v) is 4.74. The molecular formula is C21H26N4O. The van der Waals surface area contributed by atoms with E-state index in [0.717, 1.165) is 29.8 Å². The van der Waals surface area contributed by atoms with Crippen LogP contribution in [0.15, 0.2) is 60.9 Å². The molecular weight excluding hydrogens is 324 g/mol. The number of nitrogens with two attached hydrogens (primary N) is 1. The fourth-order valence-electron chi connectivity index (χ4n) is 3.44. The lowest BCUT2D eigenvalue weighted by atomic mass is 9.85. The number of nitrogens with one attached hydrogen (secondary N) is 1. The second kappa shape index (κ2) is 8.65. The Morgan fingerprint density at radius 3 is 2.62 bits per heavy atom. The van der Waals surface area contributed by atoms with Gasteiger partial charge in [-0.15, -0.1) is 0 Å². The van der Waals surface area contributed by atoms with E-state index in [1.807, 2.05) is 30.6 Å². The van der Waals surface area contributed by atoms with Crippen molar-refractivity contribution in [2.45, 2.75) is 12.3 Å². The van der Waals surface area contributed by atoms with Crippen LogP contribution >= 0.6 is 0 Å². The van der Waals surface area contributed by atoms with Gasteiger partial charge in [-0.25, -0.2) is 0 Å². The first-order valence-corrected chi connectivity index (χ1v) is 8.95. The molecule has 0 aliphatic heterocycles. The summed E-state index contributed by atoms with van der Waals surface area (Å²) in [4.78, 5) is 2.20. The second-order valence-corrected chi connectivity index (χ2v) is 6.42. The van der Waals surface area contributed by atoms with Gasteiger partial charge in [0.1, 0.15) is 0 Å². The molecule has 0 saturated heterocycles. The van der Waals surface area contributed by atoms with E-state index in [1.54, 1.807) is 0 Å². The Kier molecular flexibility index (Phi) is 6.04. The number of hydrogen-bond donors (Lipinski definition) is 3. The Morgan fingerprint density at radius 2 is 1.96 bits per heavy atom. The average Bonchev–Trinajstić information content (AvgIpc) is 3.22. The van der Waals surface area contributed by atoms with Crippen LogP contribution < -0.4 is 10.6 Å². The molecule has 0 saturated carbocycles. The number of anilines is 1. The van der Waals surface area contributed by atoms with Crippen molar-refractivity contribution in [3.63, 3.8) is 0 Å². The van der Waals surface area contributed by atoms with Crippen LogP contribution in [0.3, 0.4) is 0 Å². The van der Waals surface area contributed by atoms with Crippen LogP contribution in [-0.4, -0.2) is 42.0 Å². The topological polar surface area (TPSA) is 78.2 Å². The Morgan fingerprint density at radius 1 is 1.15 bits per heavy atom. The van der Waals surface area contributed by atoms with E-state index >= 15 is 0 Å². The maximum Gasteiger partial charge on any atom is 0.0565 e. The summed E-state index contributed by atoms with van der Waals surface area (Å²) >= 11 is 0. The molecule has 1 unspecified atom stereocenters. The molecule has 0 aliphatic carbocycles. The Labute approximate surface area is 154 Å². The van der Waals surface area contributed by atoms with Crippen LogP contribution in [-0.2, 0) is 0 Å². The molecule has 26 heavy (non-hydrogen) atoms. The highest BCUT2D eigenvalue weighted by atomic mass is 16.3. The molecule has 1 heterocycles. The zero-order valence-electron chi connectivity index (χ0n) is 15.1. The lowest BCUT2D eigenvalue weighted by molar-refractivity contribution is 0.290. The van der Waals surface area contributed by atoms with Gasteiger partial charge in [0.15, 0.2) is 0 Å². The summed E-state index contributed by atoms with van der Waals surface area (Å²) in [5.74, 6) is 0.0777. The molecule has 1 atom stereocenters. The predicted molar refractivity (Wildman–Crippen MR) is 106 cm³/mol. The zero-order valence-corrected chi connectivity index (χ0v) is 15.1. The highest BCUT2D eigenvalue weighted by molar-refractivity contribution is 5.76. The van der Waals surface area contributed by atoms with Crippen LogP contribution in [0.2, 0.25) is 0 Å². The van der Waals surface area contributed by atoms with Gasteiger partial charge in [-0.2, -0.15) is 5.10 Å². The van der Waals surface area contributed by atoms with Crippen molar-refractivity contribution >= 4 is 5.69 Å². The molecule has 1 aromatic heterocycles. The number of H-pyrrole nitrogens is 1. The van der Waals surface area contributed by atoms with Crippen LogP contribution in [0.4, 0.5) is 5.69 Å². The minimum Gasteiger partial charge on any atom is -0.396 e. The van der Waals surface area contributed by atoms with Gasteiger partial charge < -0.3 is 15.7 Å². The molecule has 0 fully saturated rings. The SMILES string of the molecule is CN(CCCO)c1cccc(-c2cn[nH]c2)c1C(CN)c1ccccc1. The van der Waals surface area contributed by atoms with Gasteiger partial charge in [-0.3, -0.25) is 5.10 Å². The predicted octanol–water partition coefficient (Wildman–Crippen LogP) is 2.99. The molecule has 136 valence electrons. The third kappa shape index (κ3) is 3.79. The fourth-order valence-corrected chi connectivity index (χ4v) is 3.44. The van der Waals surface area contributed by atoms with Gasteiger partial charge in [-0.05, 0) is 29.2 Å². The van der Waals surface area contributed by atoms with Crippen LogP contribution in [0.25, 0.3) is 11.1 Å². The quantitative estimate of drug-likeness (QED) is 0.584. The summed E-state index contributed by atoms with van der Waals surface area (Å²) in [6, 6.07) is 16.7. The average molecular weight is 350 g/mol. The first-order valence-electron chi connectivity index (χ1n) is 8.95. The van der Waals surface area contributed by atoms with E-state index in [2.05, 4.69) is 52.5 Å². The van der Waals surface area contributed by atoms with Crippen LogP contribution in [0.1, 0.15) is 23.5 Å². The number of nitrogens with zero attached hydrogens (tertiary/aromatic N) is 2. The van der Waals surface area contributed by atoms with Gasteiger partial charge in [0.05, 0.1) is 6.20 Å². The number of aromatic amines is 1. The van der Waals surface area contributed by atoms with Gasteiger partial charge >= 0.3 is 0 Å². The number of hydrogen-bond acceptors (Lipinski definition) is 4. The minimum atomic E-state index is 0.0777. The maximum atomic E-state index is 9.21. The number of benzene rings is 2. The standard InChI is InChI=1S/C21H26N4O/c1-25(11-6-12-26)20-10-5-9-18(17-14-23-24-15-17)21(20)19(13-22)16-7-3-2-4-8-16/h2-5,7-10,14-15,19,26H,6,11-13,22H2,1H3,(H,23,24). The van der Waals surface area contributed by atoms with Crippen molar-refractivity contribution in [2.24, 2.45) is 5.73 Å². The van der Waals surface area contributed by atoms with Crippen LogP contribution in [0.5, 0.6) is 0 Å². The van der Waals surface area contributed by atoms with E-state index in [-0.39, 0.29) is 12.5 Å².